The Morgan fingerprint density at radius 2 is 0.794 bits per heavy atom. The molecule has 11 aromatic rings. The molecule has 0 bridgehead atoms. The molecule has 3 heterocycles. The summed E-state index contributed by atoms with van der Waals surface area (Å²) in [6.45, 7) is 0. The summed E-state index contributed by atoms with van der Waals surface area (Å²) in [7, 11) is 27.7. The highest BCUT2D eigenvalue weighted by Crippen LogP contribution is 2.36. The van der Waals surface area contributed by atoms with Crippen LogP contribution in [0.15, 0.2) is 126 Å². The number of furan rings is 1. The van der Waals surface area contributed by atoms with Crippen LogP contribution in [-0.2, 0) is 0 Å². The molecule has 0 saturated carbocycles. The van der Waals surface area contributed by atoms with Gasteiger partial charge in [-0.2, -0.15) is 0 Å². The summed E-state index contributed by atoms with van der Waals surface area (Å²) in [5.41, 5.74) is 29.2. The van der Waals surface area contributed by atoms with Gasteiger partial charge in [0.05, 0.1) is 0 Å². The van der Waals surface area contributed by atoms with Crippen molar-refractivity contribution in [1.29, 1.82) is 0 Å². The zero-order chi connectivity index (χ0) is 47.4. The molecule has 0 radical (unpaired) electrons. The van der Waals surface area contributed by atoms with Gasteiger partial charge in [-0.05, 0) is 64.0 Å². The molecule has 0 atom stereocenters. The average molecular weight is 859 g/mol. The van der Waals surface area contributed by atoms with Crippen LogP contribution in [0.1, 0.15) is 0 Å². The van der Waals surface area contributed by atoms with Gasteiger partial charge in [-0.25, -0.2) is 15.0 Å². The highest BCUT2D eigenvalue weighted by Gasteiger charge is 2.27. The van der Waals surface area contributed by atoms with Crippen molar-refractivity contribution in [3.63, 3.8) is 0 Å². The number of benzene rings is 8. The number of fused-ring (bicyclic) bond motifs is 6. The Bertz CT molecular complexity index is 3920. The second-order valence-electron chi connectivity index (χ2n) is 19.1. The lowest BCUT2D eigenvalue weighted by Gasteiger charge is -2.25. The number of hydrogen-bond acceptors (Lipinski definition) is 4. The molecule has 0 aliphatic carbocycles. The lowest BCUT2D eigenvalue weighted by Crippen LogP contribution is -2.56. The summed E-state index contributed by atoms with van der Waals surface area (Å²) in [6.07, 6.45) is 0. The van der Waals surface area contributed by atoms with E-state index in [0.29, 0.717) is 17.5 Å². The predicted molar refractivity (Wildman–Crippen MR) is 327 cm³/mol. The smallest absolute Gasteiger partial charge is 0.164 e. The first-order valence-electron chi connectivity index (χ1n) is 23.8. The molecule has 8 aromatic carbocycles. The minimum atomic E-state index is 0.589. The van der Waals surface area contributed by atoms with Gasteiger partial charge >= 0.3 is 0 Å². The van der Waals surface area contributed by atoms with Gasteiger partial charge in [0.2, 0.25) is 0 Å². The van der Waals surface area contributed by atoms with E-state index in [1.807, 2.05) is 36.4 Å². The van der Waals surface area contributed by atoms with Gasteiger partial charge in [-0.1, -0.05) is 129 Å². The third kappa shape index (κ3) is 6.67. The number of rotatable bonds is 6. The van der Waals surface area contributed by atoms with Crippen molar-refractivity contribution in [2.24, 2.45) is 0 Å². The molecular weight excluding hydrogens is 814 g/mol. The Labute approximate surface area is 408 Å². The first kappa shape index (κ1) is 43.7. The topological polar surface area (TPSA) is 56.7 Å². The molecular formula is C51H44B12N4O. The van der Waals surface area contributed by atoms with Crippen molar-refractivity contribution in [1.82, 2.24) is 19.5 Å². The molecule has 17 heteroatoms. The summed E-state index contributed by atoms with van der Waals surface area (Å²) in [4.78, 5) is 15.2. The summed E-state index contributed by atoms with van der Waals surface area (Å²) in [5, 5.41) is 4.80. The molecule has 68 heavy (non-hydrogen) atoms. The summed E-state index contributed by atoms with van der Waals surface area (Å²) >= 11 is 0. The van der Waals surface area contributed by atoms with Crippen LogP contribution in [0.25, 0.3) is 106 Å². The van der Waals surface area contributed by atoms with Gasteiger partial charge in [0.15, 0.2) is 17.5 Å². The molecule has 0 amide bonds. The Morgan fingerprint density at radius 3 is 1.44 bits per heavy atom. The molecule has 0 saturated heterocycles. The second-order valence-corrected chi connectivity index (χ2v) is 19.1. The standard InChI is InChI=1S/C51H44B12N4O/c52-35-31(32-36(53)40(57)43(60)41(58)37(32)54)38(55)45(62)47-33(35)34-39(56)42(59)44(61)46(63)48(34)67(47)26-15-17-29-28(20-26)27-16-14-25(19-30(27)68-29)51-65-49(22-10-5-2-6-11-22)64-50(66-51)24-13-7-12-23(18-24)21-8-3-1-4-9-21/h1-20H,52-63H2. The zero-order valence-electron chi connectivity index (χ0n) is 41.2. The summed E-state index contributed by atoms with van der Waals surface area (Å²) in [6, 6.07) is 42.0. The average Bonchev–Trinajstić information content (AvgIpc) is 3.93. The third-order valence-corrected chi connectivity index (χ3v) is 15.7. The second kappa shape index (κ2) is 16.4. The van der Waals surface area contributed by atoms with E-state index in [2.05, 4.69) is 184 Å². The van der Waals surface area contributed by atoms with Crippen LogP contribution in [0.3, 0.4) is 0 Å². The summed E-state index contributed by atoms with van der Waals surface area (Å²) < 4.78 is 9.29. The van der Waals surface area contributed by atoms with Crippen LogP contribution >= 0.6 is 0 Å². The van der Waals surface area contributed by atoms with Crippen molar-refractivity contribution in [3.05, 3.63) is 121 Å². The van der Waals surface area contributed by atoms with E-state index in [4.69, 9.17) is 19.4 Å². The Hall–Kier alpha value is -6.85. The van der Waals surface area contributed by atoms with Crippen molar-refractivity contribution in [2.45, 2.75) is 0 Å². The van der Waals surface area contributed by atoms with Gasteiger partial charge in [0.25, 0.3) is 0 Å². The van der Waals surface area contributed by atoms with Gasteiger partial charge < -0.3 is 8.98 Å². The normalized spacial score (nSPS) is 11.6. The molecule has 0 aliphatic heterocycles. The molecule has 0 aliphatic rings. The Kier molecular flexibility index (Phi) is 10.6. The van der Waals surface area contributed by atoms with Crippen molar-refractivity contribution < 1.29 is 4.42 Å². The van der Waals surface area contributed by atoms with E-state index in [1.165, 1.54) is 98.5 Å². The minimum absolute atomic E-state index is 0.589. The largest absolute Gasteiger partial charge is 0.456 e. The van der Waals surface area contributed by atoms with Gasteiger partial charge in [-0.3, -0.25) is 0 Å². The number of aromatic nitrogens is 4. The molecule has 0 spiro atoms. The van der Waals surface area contributed by atoms with Gasteiger partial charge in [-0.15, -0.1) is 21.9 Å². The van der Waals surface area contributed by atoms with Gasteiger partial charge in [0.1, 0.15) is 105 Å². The quantitative estimate of drug-likeness (QED) is 0.156. The number of nitrogens with zero attached hydrogens (tertiary/aromatic N) is 4. The van der Waals surface area contributed by atoms with E-state index in [9.17, 15) is 0 Å². The molecule has 0 fully saturated rings. The van der Waals surface area contributed by atoms with E-state index in [0.717, 1.165) is 55.4 Å². The van der Waals surface area contributed by atoms with E-state index in [1.54, 1.807) is 0 Å². The molecule has 310 valence electrons. The zero-order valence-corrected chi connectivity index (χ0v) is 41.2. The first-order valence-corrected chi connectivity index (χ1v) is 23.8. The first-order chi connectivity index (χ1) is 32.7. The van der Waals surface area contributed by atoms with E-state index in [-0.39, 0.29) is 0 Å². The SMILES string of the molecule is Bc1c(B)c(B)c(-c2c(B)c(B)c3c(c2B)c2c(B)c(B)c(B)c(B)c2n3-c2ccc3oc4cc(-c5nc(-c6ccccc6)nc(-c6cccc(-c7ccccc7)c6)n5)ccc4c3c2)c(B)c1B. The predicted octanol–water partition coefficient (Wildman–Crippen LogP) is -7.70. The molecule has 11 rings (SSSR count). The maximum Gasteiger partial charge on any atom is 0.164 e. The maximum atomic E-state index is 6.73. The minimum Gasteiger partial charge on any atom is -0.456 e. The van der Waals surface area contributed by atoms with E-state index < -0.39 is 0 Å². The fraction of sp³-hybridized carbons (Fsp3) is 0. The van der Waals surface area contributed by atoms with Crippen LogP contribution in [0, 0.1) is 0 Å². The highest BCUT2D eigenvalue weighted by atomic mass is 16.3. The molecule has 0 unspecified atom stereocenters. The fourth-order valence-corrected chi connectivity index (χ4v) is 11.1. The maximum absolute atomic E-state index is 6.73. The lowest BCUT2D eigenvalue weighted by atomic mass is 9.57. The molecule has 0 N–H and O–H groups in total. The Morgan fingerprint density at radius 1 is 0.324 bits per heavy atom. The Balaban J connectivity index is 1.10. The molecule has 5 nitrogen and oxygen atoms in total. The monoisotopic (exact) mass is 860 g/mol. The third-order valence-electron chi connectivity index (χ3n) is 15.7. The van der Waals surface area contributed by atoms with E-state index >= 15 is 0 Å². The van der Waals surface area contributed by atoms with Crippen LogP contribution in [0.2, 0.25) is 0 Å². The van der Waals surface area contributed by atoms with Crippen LogP contribution < -0.4 is 65.6 Å². The highest BCUT2D eigenvalue weighted by molar-refractivity contribution is 6.72. The number of hydrogen-bond donors (Lipinski definition) is 0. The lowest BCUT2D eigenvalue weighted by molar-refractivity contribution is 0.669. The van der Waals surface area contributed by atoms with Crippen molar-refractivity contribution >= 4 is 203 Å². The fourth-order valence-electron chi connectivity index (χ4n) is 11.1. The molecule has 3 aromatic heterocycles. The van der Waals surface area contributed by atoms with Gasteiger partial charge in [0, 0.05) is 49.6 Å². The van der Waals surface area contributed by atoms with Crippen molar-refractivity contribution in [2.75, 3.05) is 0 Å². The van der Waals surface area contributed by atoms with Crippen molar-refractivity contribution in [3.8, 4) is 62.1 Å². The van der Waals surface area contributed by atoms with Crippen LogP contribution in [0.5, 0.6) is 0 Å². The van der Waals surface area contributed by atoms with Crippen LogP contribution in [-0.4, -0.2) is 114 Å². The summed E-state index contributed by atoms with van der Waals surface area (Å²) in [5.74, 6) is 1.82. The van der Waals surface area contributed by atoms with Crippen LogP contribution in [0.4, 0.5) is 0 Å².